The molecule has 0 amide bonds. The van der Waals surface area contributed by atoms with Gasteiger partial charge in [0.05, 0.1) is 13.1 Å². The molecule has 1 aliphatic rings. The Morgan fingerprint density at radius 1 is 1.14 bits per heavy atom. The summed E-state index contributed by atoms with van der Waals surface area (Å²) < 4.78 is 0. The van der Waals surface area contributed by atoms with Crippen LogP contribution in [0.1, 0.15) is 29.3 Å². The molecule has 1 aromatic heterocycles. The Morgan fingerprint density at radius 3 is 2.54 bits per heavy atom. The van der Waals surface area contributed by atoms with Gasteiger partial charge in [-0.05, 0) is 31.0 Å². The van der Waals surface area contributed by atoms with Crippen molar-refractivity contribution in [3.8, 4) is 0 Å². The number of halogens is 1. The number of aromatic nitrogens is 1. The summed E-state index contributed by atoms with van der Waals surface area (Å²) in [5.74, 6) is 3.29. The summed E-state index contributed by atoms with van der Waals surface area (Å²) in [6.45, 7) is 8.76. The van der Waals surface area contributed by atoms with Crippen LogP contribution in [0.15, 0.2) is 35.5 Å². The average molecular weight is 532 g/mol. The van der Waals surface area contributed by atoms with Crippen LogP contribution in [0.3, 0.4) is 0 Å². The fraction of sp³-hybridized carbons (Fsp3) is 0.500. The van der Waals surface area contributed by atoms with Crippen LogP contribution in [-0.2, 0) is 19.5 Å². The molecule has 0 unspecified atom stereocenters. The molecule has 8 heteroatoms. The molecule has 2 N–H and O–H groups in total. The van der Waals surface area contributed by atoms with Crippen LogP contribution in [-0.4, -0.2) is 42.1 Å². The molecule has 3 rings (SSSR count). The number of hydrogen-bond acceptors (Lipinski definition) is 5. The highest BCUT2D eigenvalue weighted by molar-refractivity contribution is 14.0. The number of rotatable bonds is 7. The van der Waals surface area contributed by atoms with Gasteiger partial charge in [0, 0.05) is 47.9 Å². The van der Waals surface area contributed by atoms with E-state index in [1.807, 2.05) is 18.0 Å². The molecule has 28 heavy (non-hydrogen) atoms. The fourth-order valence-corrected chi connectivity index (χ4v) is 4.60. The second-order valence-electron chi connectivity index (χ2n) is 6.39. The highest BCUT2D eigenvalue weighted by Crippen LogP contribution is 2.20. The van der Waals surface area contributed by atoms with Gasteiger partial charge in [-0.3, -0.25) is 0 Å². The van der Waals surface area contributed by atoms with Crippen LogP contribution < -0.4 is 15.5 Å². The number of aryl methyl sites for hydroxylation is 1. The van der Waals surface area contributed by atoms with Crippen molar-refractivity contribution < 1.29 is 0 Å². The van der Waals surface area contributed by atoms with Gasteiger partial charge in [-0.2, -0.15) is 11.8 Å². The standard InChI is InChI=1S/C20H29N5S2.HI/c1-3-18-14-22-19(27-18)15-24-20(21-4-2)23-13-16-5-7-17(8-6-16)25-9-11-26-12-10-25;/h5-8,14H,3-4,9-13,15H2,1-2H3,(H2,21,23,24);1H. The van der Waals surface area contributed by atoms with Crippen LogP contribution in [0, 0.1) is 0 Å². The number of anilines is 1. The maximum absolute atomic E-state index is 4.72. The van der Waals surface area contributed by atoms with Crippen molar-refractivity contribution in [2.75, 3.05) is 36.0 Å². The molecule has 0 spiro atoms. The van der Waals surface area contributed by atoms with E-state index >= 15 is 0 Å². The van der Waals surface area contributed by atoms with Crippen LogP contribution in [0.25, 0.3) is 0 Å². The van der Waals surface area contributed by atoms with Crippen molar-refractivity contribution >= 4 is 58.7 Å². The molecule has 0 saturated carbocycles. The lowest BCUT2D eigenvalue weighted by atomic mass is 10.2. The zero-order valence-electron chi connectivity index (χ0n) is 16.6. The molecule has 0 radical (unpaired) electrons. The lowest BCUT2D eigenvalue weighted by Crippen LogP contribution is -2.36. The number of hydrogen-bond donors (Lipinski definition) is 2. The third kappa shape index (κ3) is 7.11. The predicted octanol–water partition coefficient (Wildman–Crippen LogP) is 4.13. The molecule has 0 aliphatic carbocycles. The molecule has 2 aromatic rings. The number of aliphatic imine (C=N–C) groups is 1. The largest absolute Gasteiger partial charge is 0.370 e. The van der Waals surface area contributed by atoms with Gasteiger partial charge < -0.3 is 15.5 Å². The number of guanidine groups is 1. The summed E-state index contributed by atoms with van der Waals surface area (Å²) in [7, 11) is 0. The maximum atomic E-state index is 4.72. The van der Waals surface area contributed by atoms with Crippen LogP contribution in [0.5, 0.6) is 0 Å². The van der Waals surface area contributed by atoms with Crippen molar-refractivity contribution in [2.45, 2.75) is 33.4 Å². The van der Waals surface area contributed by atoms with E-state index in [1.165, 1.54) is 27.6 Å². The molecule has 1 aliphatic heterocycles. The maximum Gasteiger partial charge on any atom is 0.191 e. The Balaban J connectivity index is 0.00000280. The summed E-state index contributed by atoms with van der Waals surface area (Å²) in [4.78, 5) is 13.0. The summed E-state index contributed by atoms with van der Waals surface area (Å²) in [5.41, 5.74) is 2.55. The molecule has 0 bridgehead atoms. The molecule has 5 nitrogen and oxygen atoms in total. The number of benzene rings is 1. The Bertz CT molecular complexity index is 726. The van der Waals surface area contributed by atoms with Crippen molar-refractivity contribution in [1.29, 1.82) is 0 Å². The molecule has 154 valence electrons. The second kappa shape index (κ2) is 12.5. The Hall–Kier alpha value is -1.00. The average Bonchev–Trinajstić information content (AvgIpc) is 3.19. The zero-order chi connectivity index (χ0) is 18.9. The van der Waals surface area contributed by atoms with Crippen molar-refractivity contribution in [2.24, 2.45) is 4.99 Å². The van der Waals surface area contributed by atoms with Crippen molar-refractivity contribution in [1.82, 2.24) is 15.6 Å². The first-order valence-electron chi connectivity index (χ1n) is 9.66. The molecule has 1 fully saturated rings. The minimum atomic E-state index is 0. The molecule has 1 aromatic carbocycles. The van der Waals surface area contributed by atoms with Crippen LogP contribution in [0.4, 0.5) is 5.69 Å². The molecule has 1 saturated heterocycles. The van der Waals surface area contributed by atoms with Gasteiger partial charge in [-0.15, -0.1) is 35.3 Å². The zero-order valence-corrected chi connectivity index (χ0v) is 20.6. The van der Waals surface area contributed by atoms with Gasteiger partial charge in [-0.25, -0.2) is 9.98 Å². The smallest absolute Gasteiger partial charge is 0.191 e. The predicted molar refractivity (Wildman–Crippen MR) is 135 cm³/mol. The summed E-state index contributed by atoms with van der Waals surface area (Å²) >= 11 is 3.80. The van der Waals surface area contributed by atoms with Crippen LogP contribution >= 0.6 is 47.1 Å². The van der Waals surface area contributed by atoms with Gasteiger partial charge in [0.2, 0.25) is 0 Å². The van der Waals surface area contributed by atoms with E-state index in [2.05, 4.69) is 58.6 Å². The number of nitrogens with one attached hydrogen (secondary N) is 2. The monoisotopic (exact) mass is 531 g/mol. The fourth-order valence-electron chi connectivity index (χ4n) is 2.90. The summed E-state index contributed by atoms with van der Waals surface area (Å²) in [6, 6.07) is 8.84. The highest BCUT2D eigenvalue weighted by atomic mass is 127. The SMILES string of the molecule is CCNC(=NCc1ccc(N2CCSCC2)cc1)NCc1ncc(CC)s1.I. The minimum absolute atomic E-state index is 0. The van der Waals surface area contributed by atoms with E-state index in [4.69, 9.17) is 4.99 Å². The van der Waals surface area contributed by atoms with Crippen molar-refractivity contribution in [3.05, 3.63) is 45.9 Å². The summed E-state index contributed by atoms with van der Waals surface area (Å²) in [5, 5.41) is 7.79. The molecule has 0 atom stereocenters. The van der Waals surface area contributed by atoms with Gasteiger partial charge in [0.25, 0.3) is 0 Å². The quantitative estimate of drug-likeness (QED) is 0.320. The highest BCUT2D eigenvalue weighted by Gasteiger charge is 2.10. The second-order valence-corrected chi connectivity index (χ2v) is 8.81. The molecular weight excluding hydrogens is 501 g/mol. The topological polar surface area (TPSA) is 52.6 Å². The van der Waals surface area contributed by atoms with E-state index in [0.29, 0.717) is 13.1 Å². The minimum Gasteiger partial charge on any atom is -0.370 e. The molecule has 2 heterocycles. The van der Waals surface area contributed by atoms with Gasteiger partial charge >= 0.3 is 0 Å². The Morgan fingerprint density at radius 2 is 1.89 bits per heavy atom. The third-order valence-electron chi connectivity index (χ3n) is 4.43. The number of nitrogens with zero attached hydrogens (tertiary/aromatic N) is 3. The summed E-state index contributed by atoms with van der Waals surface area (Å²) in [6.07, 6.45) is 3.01. The van der Waals surface area contributed by atoms with Crippen LogP contribution in [0.2, 0.25) is 0 Å². The van der Waals surface area contributed by atoms with Gasteiger partial charge in [0.15, 0.2) is 5.96 Å². The van der Waals surface area contributed by atoms with E-state index in [-0.39, 0.29) is 24.0 Å². The van der Waals surface area contributed by atoms with Crippen molar-refractivity contribution in [3.63, 3.8) is 0 Å². The van der Waals surface area contributed by atoms with Gasteiger partial charge in [0.1, 0.15) is 5.01 Å². The Kier molecular flexibility index (Phi) is 10.4. The molecular formula is C20H30IN5S2. The Labute approximate surface area is 193 Å². The van der Waals surface area contributed by atoms with E-state index < -0.39 is 0 Å². The number of thiazole rings is 1. The normalized spacial score (nSPS) is 14.5. The van der Waals surface area contributed by atoms with Gasteiger partial charge in [-0.1, -0.05) is 19.1 Å². The van der Waals surface area contributed by atoms with E-state index in [1.54, 1.807) is 11.3 Å². The van der Waals surface area contributed by atoms with E-state index in [0.717, 1.165) is 37.0 Å². The van der Waals surface area contributed by atoms with E-state index in [9.17, 15) is 0 Å². The number of thioether (sulfide) groups is 1. The first-order valence-corrected chi connectivity index (χ1v) is 11.6. The lowest BCUT2D eigenvalue weighted by molar-refractivity contribution is 0.811. The lowest BCUT2D eigenvalue weighted by Gasteiger charge is -2.28. The third-order valence-corrected chi connectivity index (χ3v) is 6.52. The first kappa shape index (κ1) is 23.3. The first-order chi connectivity index (χ1) is 13.3.